The zero-order chi connectivity index (χ0) is 15.7. The lowest BCUT2D eigenvalue weighted by atomic mass is 9.93. The van der Waals surface area contributed by atoms with Crippen LogP contribution in [0.3, 0.4) is 0 Å². The highest BCUT2D eigenvalue weighted by Crippen LogP contribution is 2.34. The van der Waals surface area contributed by atoms with Gasteiger partial charge < -0.3 is 10.6 Å². The molecule has 0 spiro atoms. The van der Waals surface area contributed by atoms with Crippen LogP contribution >= 0.6 is 0 Å². The molecule has 1 aliphatic rings. The van der Waals surface area contributed by atoms with Gasteiger partial charge in [0.1, 0.15) is 5.82 Å². The SMILES string of the molecule is CC1(CCCC(F)(F)F)CN=C(N)N1c1cccc(F)c1. The van der Waals surface area contributed by atoms with Crippen molar-refractivity contribution in [2.75, 3.05) is 11.4 Å². The minimum Gasteiger partial charge on any atom is -0.369 e. The molecule has 0 fully saturated rings. The van der Waals surface area contributed by atoms with Gasteiger partial charge in [0, 0.05) is 12.1 Å². The lowest BCUT2D eigenvalue weighted by Crippen LogP contribution is -2.50. The number of hydrogen-bond acceptors (Lipinski definition) is 3. The molecule has 7 heteroatoms. The number of anilines is 1. The molecule has 0 amide bonds. The Hall–Kier alpha value is -1.79. The number of benzene rings is 1. The molecule has 1 aliphatic heterocycles. The number of alkyl halides is 3. The standard InChI is InChI=1S/C14H17F4N3/c1-13(6-3-7-14(16,17)18)9-20-12(19)21(13)11-5-2-4-10(15)8-11/h2,4-5,8H,3,6-7,9H2,1H3,(H2,19,20). The van der Waals surface area contributed by atoms with Gasteiger partial charge in [-0.15, -0.1) is 0 Å². The predicted molar refractivity (Wildman–Crippen MR) is 73.7 cm³/mol. The summed E-state index contributed by atoms with van der Waals surface area (Å²) >= 11 is 0. The lowest BCUT2D eigenvalue weighted by molar-refractivity contribution is -0.136. The largest absolute Gasteiger partial charge is 0.389 e. The van der Waals surface area contributed by atoms with E-state index in [2.05, 4.69) is 4.99 Å². The van der Waals surface area contributed by atoms with Crippen molar-refractivity contribution < 1.29 is 17.6 Å². The molecule has 0 radical (unpaired) electrons. The van der Waals surface area contributed by atoms with Crippen LogP contribution in [0, 0.1) is 5.82 Å². The molecule has 2 rings (SSSR count). The maximum Gasteiger partial charge on any atom is 0.389 e. The molecule has 0 bridgehead atoms. The molecule has 1 aromatic rings. The van der Waals surface area contributed by atoms with E-state index in [1.165, 1.54) is 18.2 Å². The first-order chi connectivity index (χ1) is 9.71. The summed E-state index contributed by atoms with van der Waals surface area (Å²) in [5.74, 6) is -0.222. The van der Waals surface area contributed by atoms with Crippen molar-refractivity contribution >= 4 is 11.6 Å². The van der Waals surface area contributed by atoms with Gasteiger partial charge in [0.05, 0.1) is 12.1 Å². The average molecular weight is 303 g/mol. The molecule has 1 unspecified atom stereocenters. The molecule has 1 aromatic carbocycles. The Labute approximate surface area is 120 Å². The van der Waals surface area contributed by atoms with Gasteiger partial charge in [0.15, 0.2) is 5.96 Å². The molecular weight excluding hydrogens is 286 g/mol. The van der Waals surface area contributed by atoms with Gasteiger partial charge in [-0.05, 0) is 38.0 Å². The highest BCUT2D eigenvalue weighted by atomic mass is 19.4. The van der Waals surface area contributed by atoms with Gasteiger partial charge in [-0.2, -0.15) is 13.2 Å². The van der Waals surface area contributed by atoms with E-state index in [0.29, 0.717) is 12.2 Å². The Morgan fingerprint density at radius 2 is 2.10 bits per heavy atom. The van der Waals surface area contributed by atoms with Gasteiger partial charge in [0.2, 0.25) is 0 Å². The summed E-state index contributed by atoms with van der Waals surface area (Å²) in [6.45, 7) is 2.09. The molecule has 3 nitrogen and oxygen atoms in total. The summed E-state index contributed by atoms with van der Waals surface area (Å²) in [7, 11) is 0. The fraction of sp³-hybridized carbons (Fsp3) is 0.500. The molecule has 0 saturated heterocycles. The molecule has 21 heavy (non-hydrogen) atoms. The van der Waals surface area contributed by atoms with Crippen LogP contribution < -0.4 is 10.6 Å². The summed E-state index contributed by atoms with van der Waals surface area (Å²) in [6, 6.07) is 5.80. The van der Waals surface area contributed by atoms with E-state index in [9.17, 15) is 17.6 Å². The van der Waals surface area contributed by atoms with Gasteiger partial charge in [-0.3, -0.25) is 4.99 Å². The number of hydrogen-bond donors (Lipinski definition) is 1. The van der Waals surface area contributed by atoms with Crippen molar-refractivity contribution in [1.82, 2.24) is 0 Å². The number of nitrogens with two attached hydrogens (primary N) is 1. The first-order valence-electron chi connectivity index (χ1n) is 6.64. The monoisotopic (exact) mass is 303 g/mol. The molecule has 1 atom stereocenters. The fourth-order valence-corrected chi connectivity index (χ4v) is 2.59. The van der Waals surface area contributed by atoms with Crippen molar-refractivity contribution in [2.45, 2.75) is 37.9 Å². The van der Waals surface area contributed by atoms with E-state index in [1.807, 2.05) is 0 Å². The number of guanidine groups is 1. The Bertz CT molecular complexity index is 541. The summed E-state index contributed by atoms with van der Waals surface area (Å²) in [5, 5.41) is 0. The number of halogens is 4. The second-order valence-corrected chi connectivity index (χ2v) is 5.46. The second kappa shape index (κ2) is 5.54. The maximum absolute atomic E-state index is 13.4. The van der Waals surface area contributed by atoms with Crippen LogP contribution in [-0.4, -0.2) is 24.2 Å². The van der Waals surface area contributed by atoms with E-state index in [0.717, 1.165) is 0 Å². The number of aliphatic imine (C=N–C) groups is 1. The van der Waals surface area contributed by atoms with Gasteiger partial charge >= 0.3 is 6.18 Å². The van der Waals surface area contributed by atoms with E-state index >= 15 is 0 Å². The zero-order valence-electron chi connectivity index (χ0n) is 11.6. The third-order valence-corrected chi connectivity index (χ3v) is 3.59. The molecule has 0 saturated carbocycles. The summed E-state index contributed by atoms with van der Waals surface area (Å²) < 4.78 is 50.2. The van der Waals surface area contributed by atoms with Crippen LogP contribution in [0.4, 0.5) is 23.2 Å². The quantitative estimate of drug-likeness (QED) is 0.866. The van der Waals surface area contributed by atoms with Crippen LogP contribution in [0.5, 0.6) is 0 Å². The van der Waals surface area contributed by atoms with Crippen LogP contribution in [0.1, 0.15) is 26.2 Å². The highest BCUT2D eigenvalue weighted by molar-refractivity contribution is 5.98. The van der Waals surface area contributed by atoms with Crippen molar-refractivity contribution in [2.24, 2.45) is 10.7 Å². The van der Waals surface area contributed by atoms with E-state index in [4.69, 9.17) is 5.73 Å². The molecule has 116 valence electrons. The molecule has 2 N–H and O–H groups in total. The van der Waals surface area contributed by atoms with Gasteiger partial charge in [0.25, 0.3) is 0 Å². The average Bonchev–Trinajstić information content (AvgIpc) is 2.64. The van der Waals surface area contributed by atoms with Gasteiger partial charge in [-0.25, -0.2) is 4.39 Å². The molecule has 0 aromatic heterocycles. The van der Waals surface area contributed by atoms with Gasteiger partial charge in [-0.1, -0.05) is 6.07 Å². The van der Waals surface area contributed by atoms with Crippen molar-refractivity contribution in [3.05, 3.63) is 30.1 Å². The minimum atomic E-state index is -4.18. The lowest BCUT2D eigenvalue weighted by Gasteiger charge is -2.36. The maximum atomic E-state index is 13.4. The second-order valence-electron chi connectivity index (χ2n) is 5.46. The molecule has 1 heterocycles. The topological polar surface area (TPSA) is 41.6 Å². The third kappa shape index (κ3) is 3.65. The van der Waals surface area contributed by atoms with Crippen molar-refractivity contribution in [3.63, 3.8) is 0 Å². The first kappa shape index (κ1) is 15.6. The number of rotatable bonds is 4. The van der Waals surface area contributed by atoms with Crippen LogP contribution in [0.2, 0.25) is 0 Å². The van der Waals surface area contributed by atoms with Crippen LogP contribution in [0.25, 0.3) is 0 Å². The molecular formula is C14H17F4N3. The van der Waals surface area contributed by atoms with E-state index in [1.54, 1.807) is 17.9 Å². The summed E-state index contributed by atoms with van der Waals surface area (Å²) in [5.41, 5.74) is 5.66. The van der Waals surface area contributed by atoms with Crippen molar-refractivity contribution in [1.29, 1.82) is 0 Å². The van der Waals surface area contributed by atoms with Crippen LogP contribution in [-0.2, 0) is 0 Å². The zero-order valence-corrected chi connectivity index (χ0v) is 11.6. The molecule has 0 aliphatic carbocycles. The fourth-order valence-electron chi connectivity index (χ4n) is 2.59. The van der Waals surface area contributed by atoms with Crippen molar-refractivity contribution in [3.8, 4) is 0 Å². The highest BCUT2D eigenvalue weighted by Gasteiger charge is 2.39. The Morgan fingerprint density at radius 3 is 2.71 bits per heavy atom. The van der Waals surface area contributed by atoms with Crippen LogP contribution in [0.15, 0.2) is 29.3 Å². The Balaban J connectivity index is 2.15. The van der Waals surface area contributed by atoms with E-state index in [-0.39, 0.29) is 18.8 Å². The smallest absolute Gasteiger partial charge is 0.369 e. The summed E-state index contributed by atoms with van der Waals surface area (Å²) in [4.78, 5) is 5.73. The third-order valence-electron chi connectivity index (χ3n) is 3.59. The number of nitrogens with zero attached hydrogens (tertiary/aromatic N) is 2. The Morgan fingerprint density at radius 1 is 1.38 bits per heavy atom. The summed E-state index contributed by atoms with van der Waals surface area (Å²) in [6.07, 6.45) is -4.77. The normalized spacial score (nSPS) is 22.5. The Kier molecular flexibility index (Phi) is 4.11. The minimum absolute atomic E-state index is 0.0192. The van der Waals surface area contributed by atoms with E-state index < -0.39 is 24.0 Å². The predicted octanol–water partition coefficient (Wildman–Crippen LogP) is 3.45. The first-order valence-corrected chi connectivity index (χ1v) is 6.64.